The molecule has 7 heteroatoms. The van der Waals surface area contributed by atoms with Gasteiger partial charge in [0.15, 0.2) is 5.78 Å². The molecule has 0 fully saturated rings. The smallest absolute Gasteiger partial charge is 0.335 e. The van der Waals surface area contributed by atoms with E-state index in [1.165, 1.54) is 10.7 Å². The molecule has 32 heavy (non-hydrogen) atoms. The van der Waals surface area contributed by atoms with Crippen molar-refractivity contribution in [2.24, 2.45) is 5.41 Å². The van der Waals surface area contributed by atoms with Crippen molar-refractivity contribution in [1.29, 1.82) is 0 Å². The molecule has 7 nitrogen and oxygen atoms in total. The van der Waals surface area contributed by atoms with Crippen molar-refractivity contribution in [3.8, 4) is 5.69 Å². The molecule has 5 rings (SSSR count). The number of carbonyl (C=O) groups is 2. The van der Waals surface area contributed by atoms with E-state index < -0.39 is 11.9 Å². The average molecular weight is 429 g/mol. The van der Waals surface area contributed by atoms with Crippen LogP contribution in [0, 0.1) is 5.41 Å². The second kappa shape index (κ2) is 7.09. The molecule has 0 saturated heterocycles. The first kappa shape index (κ1) is 20.1. The Morgan fingerprint density at radius 3 is 2.44 bits per heavy atom. The Morgan fingerprint density at radius 1 is 1.03 bits per heavy atom. The van der Waals surface area contributed by atoms with Crippen molar-refractivity contribution in [3.05, 3.63) is 92.9 Å². The van der Waals surface area contributed by atoms with E-state index in [4.69, 9.17) is 0 Å². The molecule has 1 aliphatic carbocycles. The Hall–Kier alpha value is -3.87. The van der Waals surface area contributed by atoms with E-state index in [1.807, 2.05) is 44.2 Å². The lowest BCUT2D eigenvalue weighted by molar-refractivity contribution is -0.118. The second-order valence-electron chi connectivity index (χ2n) is 9.16. The number of nitrogens with one attached hydrogen (secondary N) is 2. The first-order valence-electron chi connectivity index (χ1n) is 10.5. The minimum Gasteiger partial charge on any atom is -0.478 e. The summed E-state index contributed by atoms with van der Waals surface area (Å²) in [5, 5.41) is 16.3. The van der Waals surface area contributed by atoms with Crippen LogP contribution in [0.3, 0.4) is 0 Å². The number of carbonyl (C=O) groups excluding carboxylic acids is 1. The van der Waals surface area contributed by atoms with Gasteiger partial charge in [0, 0.05) is 23.6 Å². The molecule has 0 unspecified atom stereocenters. The number of benzene rings is 2. The van der Waals surface area contributed by atoms with E-state index in [0.29, 0.717) is 41.0 Å². The number of carboxylic acids is 1. The van der Waals surface area contributed by atoms with Crippen LogP contribution in [0.2, 0.25) is 0 Å². The van der Waals surface area contributed by atoms with Gasteiger partial charge in [-0.3, -0.25) is 14.7 Å². The van der Waals surface area contributed by atoms with Crippen LogP contribution in [0.4, 0.5) is 5.82 Å². The van der Waals surface area contributed by atoms with Crippen molar-refractivity contribution >= 4 is 17.6 Å². The van der Waals surface area contributed by atoms with Crippen molar-refractivity contribution in [1.82, 2.24) is 9.78 Å². The van der Waals surface area contributed by atoms with Crippen LogP contribution in [-0.2, 0) is 4.79 Å². The number of H-pyrrole nitrogens is 1. The van der Waals surface area contributed by atoms with Crippen LogP contribution in [0.15, 0.2) is 70.7 Å². The van der Waals surface area contributed by atoms with Crippen molar-refractivity contribution in [2.75, 3.05) is 5.32 Å². The highest BCUT2D eigenvalue weighted by Gasteiger charge is 2.43. The number of ketones is 1. The van der Waals surface area contributed by atoms with Gasteiger partial charge in [0.25, 0.3) is 5.56 Å². The Morgan fingerprint density at radius 2 is 1.72 bits per heavy atom. The summed E-state index contributed by atoms with van der Waals surface area (Å²) in [4.78, 5) is 39.0. The van der Waals surface area contributed by atoms with Gasteiger partial charge in [0.1, 0.15) is 5.82 Å². The Bertz CT molecular complexity index is 1350. The van der Waals surface area contributed by atoms with Crippen LogP contribution in [0.1, 0.15) is 54.1 Å². The van der Waals surface area contributed by atoms with E-state index in [2.05, 4.69) is 10.4 Å². The summed E-state index contributed by atoms with van der Waals surface area (Å²) in [6.07, 6.45) is 0.962. The molecule has 1 atom stereocenters. The first-order chi connectivity index (χ1) is 15.3. The van der Waals surface area contributed by atoms with E-state index in [0.717, 1.165) is 5.70 Å². The Kier molecular flexibility index (Phi) is 4.44. The molecule has 1 aliphatic heterocycles. The number of hydrogen-bond donors (Lipinski definition) is 3. The van der Waals surface area contributed by atoms with E-state index in [-0.39, 0.29) is 22.3 Å². The number of hydrogen-bond acceptors (Lipinski definition) is 4. The van der Waals surface area contributed by atoms with E-state index in [1.54, 1.807) is 18.2 Å². The highest BCUT2D eigenvalue weighted by molar-refractivity contribution is 6.02. The summed E-state index contributed by atoms with van der Waals surface area (Å²) in [5.41, 5.74) is 2.22. The third-order valence-electron chi connectivity index (χ3n) is 6.22. The Balaban J connectivity index is 1.80. The number of Topliss-reactive ketones (excluding diaryl/α,β-unsaturated/α-hetero) is 1. The molecule has 2 aliphatic rings. The number of aromatic carboxylic acids is 1. The van der Waals surface area contributed by atoms with Gasteiger partial charge in [-0.05, 0) is 35.6 Å². The highest BCUT2D eigenvalue weighted by Crippen LogP contribution is 2.48. The van der Waals surface area contributed by atoms with Crippen LogP contribution in [-0.4, -0.2) is 26.6 Å². The number of aromatic nitrogens is 2. The lowest BCUT2D eigenvalue weighted by Crippen LogP contribution is -2.35. The van der Waals surface area contributed by atoms with Crippen LogP contribution < -0.4 is 10.9 Å². The predicted molar refractivity (Wildman–Crippen MR) is 120 cm³/mol. The third-order valence-corrected chi connectivity index (χ3v) is 6.22. The minimum absolute atomic E-state index is 0.0635. The molecule has 2 heterocycles. The predicted octanol–water partition coefficient (Wildman–Crippen LogP) is 4.06. The fraction of sp³-hybridized carbons (Fsp3) is 0.240. The molecule has 3 aromatic rings. The van der Waals surface area contributed by atoms with Gasteiger partial charge in [0.2, 0.25) is 0 Å². The highest BCUT2D eigenvalue weighted by atomic mass is 16.4. The summed E-state index contributed by atoms with van der Waals surface area (Å²) in [6.45, 7) is 4.06. The summed E-state index contributed by atoms with van der Waals surface area (Å²) < 4.78 is 1.43. The zero-order valence-corrected chi connectivity index (χ0v) is 17.8. The second-order valence-corrected chi connectivity index (χ2v) is 9.16. The van der Waals surface area contributed by atoms with Gasteiger partial charge in [-0.2, -0.15) is 0 Å². The average Bonchev–Trinajstić information content (AvgIpc) is 3.08. The molecule has 0 amide bonds. The van der Waals surface area contributed by atoms with E-state index >= 15 is 0 Å². The number of aromatic amines is 1. The molecule has 0 bridgehead atoms. The van der Waals surface area contributed by atoms with Gasteiger partial charge in [-0.1, -0.05) is 50.2 Å². The van der Waals surface area contributed by atoms with Gasteiger partial charge < -0.3 is 10.4 Å². The third kappa shape index (κ3) is 3.09. The van der Waals surface area contributed by atoms with Gasteiger partial charge in [-0.15, -0.1) is 0 Å². The molecule has 2 aromatic carbocycles. The fourth-order valence-corrected chi connectivity index (χ4v) is 4.90. The minimum atomic E-state index is -1.09. The summed E-state index contributed by atoms with van der Waals surface area (Å²) in [6, 6.07) is 15.8. The van der Waals surface area contributed by atoms with E-state index in [9.17, 15) is 19.5 Å². The van der Waals surface area contributed by atoms with Crippen LogP contribution in [0.25, 0.3) is 5.69 Å². The number of carboxylic acid groups (broad SMARTS) is 1. The maximum Gasteiger partial charge on any atom is 0.335 e. The molecule has 0 spiro atoms. The molecule has 0 saturated carbocycles. The maximum atomic E-state index is 13.6. The Labute approximate surface area is 184 Å². The summed E-state index contributed by atoms with van der Waals surface area (Å²) in [7, 11) is 0. The number of nitrogens with zero attached hydrogens (tertiary/aromatic N) is 1. The van der Waals surface area contributed by atoms with Gasteiger partial charge in [-0.25, -0.2) is 9.48 Å². The zero-order valence-electron chi connectivity index (χ0n) is 17.8. The monoisotopic (exact) mass is 429 g/mol. The maximum absolute atomic E-state index is 13.6. The topological polar surface area (TPSA) is 104 Å². The summed E-state index contributed by atoms with van der Waals surface area (Å²) >= 11 is 0. The molecule has 1 aromatic heterocycles. The molecular weight excluding hydrogens is 406 g/mol. The molecule has 162 valence electrons. The van der Waals surface area contributed by atoms with Gasteiger partial charge >= 0.3 is 5.97 Å². The van der Waals surface area contributed by atoms with Crippen molar-refractivity contribution in [3.63, 3.8) is 0 Å². The largest absolute Gasteiger partial charge is 0.478 e. The number of allylic oxidation sites excluding steroid dienone is 2. The van der Waals surface area contributed by atoms with Gasteiger partial charge in [0.05, 0.1) is 16.8 Å². The fourth-order valence-electron chi connectivity index (χ4n) is 4.90. The van der Waals surface area contributed by atoms with Crippen LogP contribution in [0.5, 0.6) is 0 Å². The molecule has 0 radical (unpaired) electrons. The standard InChI is InChI=1S/C25H23N3O4/c1-25(2)12-17-20(18(29)13-25)19(15-10-6-7-11-16(15)24(31)32)21-22(26-17)27-28(23(21)30)14-8-4-3-5-9-14/h3-11,19,26-27H,12-13H2,1-2H3,(H,31,32)/t19-/m1/s1. The number of para-hydroxylation sites is 1. The number of rotatable bonds is 3. The van der Waals surface area contributed by atoms with Crippen molar-refractivity contribution < 1.29 is 14.7 Å². The number of anilines is 1. The number of fused-ring (bicyclic) bond motifs is 1. The van der Waals surface area contributed by atoms with Crippen LogP contribution >= 0.6 is 0 Å². The van der Waals surface area contributed by atoms with Crippen molar-refractivity contribution in [2.45, 2.75) is 32.6 Å². The lowest BCUT2D eigenvalue weighted by atomic mass is 9.69. The quantitative estimate of drug-likeness (QED) is 0.582. The molecular formula is C25H23N3O4. The molecule has 3 N–H and O–H groups in total. The normalized spacial score (nSPS) is 19.2. The first-order valence-corrected chi connectivity index (χ1v) is 10.5. The lowest BCUT2D eigenvalue weighted by Gasteiger charge is -2.38. The SMILES string of the molecule is CC1(C)CC(=O)C2=C(C1)Nc1[nH]n(-c3ccccc3)c(=O)c1[C@@H]2c1ccccc1C(=O)O. The zero-order chi connectivity index (χ0) is 22.6. The summed E-state index contributed by atoms with van der Waals surface area (Å²) in [5.74, 6) is -1.42.